The van der Waals surface area contributed by atoms with Crippen molar-refractivity contribution >= 4 is 29.1 Å². The van der Waals surface area contributed by atoms with Gasteiger partial charge in [0.15, 0.2) is 0 Å². The van der Waals surface area contributed by atoms with E-state index >= 15 is 0 Å². The lowest BCUT2D eigenvalue weighted by Crippen LogP contribution is -2.41. The minimum atomic E-state index is -0.326. The fourth-order valence-electron chi connectivity index (χ4n) is 5.74. The second kappa shape index (κ2) is 11.1. The van der Waals surface area contributed by atoms with Gasteiger partial charge in [-0.05, 0) is 91.1 Å². The SMILES string of the molecule is Cc1cc2c(cc1C)C(=O)N(CC1CCN(CC(O)CCc3cccc4ccccc34)C1)CC2.Cl. The van der Waals surface area contributed by atoms with Crippen LogP contribution in [0.4, 0.5) is 0 Å². The average Bonchev–Trinajstić information content (AvgIpc) is 3.27. The van der Waals surface area contributed by atoms with Gasteiger partial charge in [-0.2, -0.15) is 0 Å². The van der Waals surface area contributed by atoms with Crippen LogP contribution in [0.15, 0.2) is 54.6 Å². The van der Waals surface area contributed by atoms with Crippen LogP contribution in [0.2, 0.25) is 0 Å². The van der Waals surface area contributed by atoms with Gasteiger partial charge in [0.25, 0.3) is 5.91 Å². The van der Waals surface area contributed by atoms with E-state index in [1.165, 1.54) is 33.0 Å². The molecule has 186 valence electrons. The fourth-order valence-corrected chi connectivity index (χ4v) is 5.74. The van der Waals surface area contributed by atoms with Crippen LogP contribution in [-0.2, 0) is 12.8 Å². The Morgan fingerprint density at radius 2 is 1.80 bits per heavy atom. The molecule has 1 N–H and O–H groups in total. The first-order valence-electron chi connectivity index (χ1n) is 12.7. The molecule has 0 aromatic heterocycles. The van der Waals surface area contributed by atoms with Gasteiger partial charge in [0.1, 0.15) is 0 Å². The second-order valence-electron chi connectivity index (χ2n) is 10.3. The average molecular weight is 493 g/mol. The number of benzene rings is 3. The van der Waals surface area contributed by atoms with Crippen molar-refractivity contribution in [1.82, 2.24) is 9.80 Å². The van der Waals surface area contributed by atoms with Crippen molar-refractivity contribution in [3.8, 4) is 0 Å². The number of likely N-dealkylation sites (tertiary alicyclic amines) is 1. The third-order valence-electron chi connectivity index (χ3n) is 7.83. The molecule has 3 aromatic carbocycles. The lowest BCUT2D eigenvalue weighted by molar-refractivity contribution is 0.0707. The van der Waals surface area contributed by atoms with Gasteiger partial charge in [0, 0.05) is 31.7 Å². The molecule has 1 saturated heterocycles. The van der Waals surface area contributed by atoms with E-state index in [1.807, 2.05) is 0 Å². The predicted molar refractivity (Wildman–Crippen MR) is 146 cm³/mol. The molecule has 1 amide bonds. The fraction of sp³-hybridized carbons (Fsp3) is 0.433. The maximum atomic E-state index is 13.1. The summed E-state index contributed by atoms with van der Waals surface area (Å²) in [5.74, 6) is 0.681. The molecule has 0 saturated carbocycles. The Hall–Kier alpha value is -2.40. The number of hydrogen-bond acceptors (Lipinski definition) is 3. The van der Waals surface area contributed by atoms with E-state index in [4.69, 9.17) is 0 Å². The number of halogens is 1. The molecule has 5 rings (SSSR count). The van der Waals surface area contributed by atoms with Gasteiger partial charge in [-0.15, -0.1) is 12.4 Å². The van der Waals surface area contributed by atoms with Crippen molar-refractivity contribution in [3.63, 3.8) is 0 Å². The number of hydrogen-bond donors (Lipinski definition) is 1. The van der Waals surface area contributed by atoms with Gasteiger partial charge >= 0.3 is 0 Å². The minimum absolute atomic E-state index is 0. The molecule has 3 aromatic rings. The van der Waals surface area contributed by atoms with E-state index in [1.54, 1.807) is 0 Å². The molecule has 4 nitrogen and oxygen atoms in total. The zero-order valence-corrected chi connectivity index (χ0v) is 21.7. The van der Waals surface area contributed by atoms with E-state index in [0.717, 1.165) is 64.0 Å². The first-order chi connectivity index (χ1) is 16.5. The number of aryl methyl sites for hydroxylation is 3. The Morgan fingerprint density at radius 3 is 2.66 bits per heavy atom. The number of nitrogens with zero attached hydrogens (tertiary/aromatic N) is 2. The third-order valence-corrected chi connectivity index (χ3v) is 7.83. The number of amides is 1. The number of carbonyl (C=O) groups is 1. The zero-order chi connectivity index (χ0) is 23.7. The molecule has 2 atom stereocenters. The summed E-state index contributed by atoms with van der Waals surface area (Å²) >= 11 is 0. The second-order valence-corrected chi connectivity index (χ2v) is 10.3. The Morgan fingerprint density at radius 1 is 1.03 bits per heavy atom. The third kappa shape index (κ3) is 5.72. The summed E-state index contributed by atoms with van der Waals surface area (Å²) in [4.78, 5) is 17.6. The van der Waals surface area contributed by atoms with Crippen LogP contribution in [-0.4, -0.2) is 59.6 Å². The lowest BCUT2D eigenvalue weighted by atomic mass is 9.93. The van der Waals surface area contributed by atoms with E-state index in [0.29, 0.717) is 5.92 Å². The van der Waals surface area contributed by atoms with Crippen molar-refractivity contribution in [1.29, 1.82) is 0 Å². The Bertz CT molecular complexity index is 1190. The van der Waals surface area contributed by atoms with Gasteiger partial charge in [0.2, 0.25) is 0 Å². The summed E-state index contributed by atoms with van der Waals surface area (Å²) < 4.78 is 0. The molecule has 2 unspecified atom stereocenters. The lowest BCUT2D eigenvalue weighted by Gasteiger charge is -2.31. The number of aliphatic hydroxyl groups excluding tert-OH is 1. The van der Waals surface area contributed by atoms with Gasteiger partial charge in [-0.25, -0.2) is 0 Å². The summed E-state index contributed by atoms with van der Waals surface area (Å²) in [6.45, 7) is 8.54. The van der Waals surface area contributed by atoms with Crippen LogP contribution in [0.3, 0.4) is 0 Å². The molecule has 0 aliphatic carbocycles. The number of rotatable bonds is 7. The summed E-state index contributed by atoms with van der Waals surface area (Å²) in [7, 11) is 0. The number of β-amino-alcohol motifs (C(OH)–C–C–N with tert-alkyl or cyclic N) is 1. The Balaban J connectivity index is 0.00000289. The topological polar surface area (TPSA) is 43.8 Å². The van der Waals surface area contributed by atoms with Crippen LogP contribution >= 0.6 is 12.4 Å². The van der Waals surface area contributed by atoms with Crippen molar-refractivity contribution < 1.29 is 9.90 Å². The highest BCUT2D eigenvalue weighted by Gasteiger charge is 2.30. The normalized spacial score (nSPS) is 19.0. The molecule has 2 heterocycles. The first-order valence-corrected chi connectivity index (χ1v) is 12.7. The smallest absolute Gasteiger partial charge is 0.254 e. The molecule has 0 radical (unpaired) electrons. The standard InChI is InChI=1S/C30H36N2O2.ClH/c1-21-16-26-13-15-32(30(34)29(26)17-22(21)2)19-23-12-14-31(18-23)20-27(33)11-10-25-8-5-7-24-6-3-4-9-28(24)25;/h3-9,16-17,23,27,33H,10-15,18-20H2,1-2H3;1H. The molecule has 2 aliphatic rings. The highest BCUT2D eigenvalue weighted by molar-refractivity contribution is 5.97. The summed E-state index contributed by atoms with van der Waals surface area (Å²) in [5.41, 5.74) is 5.87. The van der Waals surface area contributed by atoms with Gasteiger partial charge in [-0.3, -0.25) is 4.79 Å². The highest BCUT2D eigenvalue weighted by Crippen LogP contribution is 2.26. The molecule has 1 fully saturated rings. The largest absolute Gasteiger partial charge is 0.392 e. The molecular formula is C30H37ClN2O2. The van der Waals surface area contributed by atoms with E-state index in [-0.39, 0.29) is 24.4 Å². The molecule has 0 bridgehead atoms. The summed E-state index contributed by atoms with van der Waals surface area (Å²) in [6, 6.07) is 19.2. The van der Waals surface area contributed by atoms with Crippen LogP contribution in [0, 0.1) is 19.8 Å². The quantitative estimate of drug-likeness (QED) is 0.493. The monoisotopic (exact) mass is 492 g/mol. The zero-order valence-electron chi connectivity index (χ0n) is 20.9. The van der Waals surface area contributed by atoms with Crippen molar-refractivity contribution in [3.05, 3.63) is 82.4 Å². The van der Waals surface area contributed by atoms with E-state index in [2.05, 4.69) is 78.2 Å². The number of aliphatic hydroxyl groups is 1. The van der Waals surface area contributed by atoms with Crippen molar-refractivity contribution in [2.45, 2.75) is 45.6 Å². The van der Waals surface area contributed by atoms with Crippen molar-refractivity contribution in [2.24, 2.45) is 5.92 Å². The summed E-state index contributed by atoms with van der Waals surface area (Å²) in [5, 5.41) is 13.3. The molecular weight excluding hydrogens is 456 g/mol. The van der Waals surface area contributed by atoms with Crippen LogP contribution in [0.1, 0.15) is 45.5 Å². The van der Waals surface area contributed by atoms with Gasteiger partial charge in [0.05, 0.1) is 6.10 Å². The van der Waals surface area contributed by atoms with Crippen LogP contribution < -0.4 is 0 Å². The predicted octanol–water partition coefficient (Wildman–Crippen LogP) is 5.19. The Kier molecular flexibility index (Phi) is 8.16. The van der Waals surface area contributed by atoms with Gasteiger partial charge < -0.3 is 14.9 Å². The first kappa shape index (κ1) is 25.7. The molecule has 35 heavy (non-hydrogen) atoms. The van der Waals surface area contributed by atoms with Crippen molar-refractivity contribution in [2.75, 3.05) is 32.7 Å². The molecule has 0 spiro atoms. The van der Waals surface area contributed by atoms with E-state index in [9.17, 15) is 9.90 Å². The molecule has 2 aliphatic heterocycles. The number of fused-ring (bicyclic) bond motifs is 2. The van der Waals surface area contributed by atoms with E-state index < -0.39 is 0 Å². The highest BCUT2D eigenvalue weighted by atomic mass is 35.5. The number of carbonyl (C=O) groups excluding carboxylic acids is 1. The van der Waals surface area contributed by atoms with Gasteiger partial charge in [-0.1, -0.05) is 48.5 Å². The van der Waals surface area contributed by atoms with Crippen LogP contribution in [0.25, 0.3) is 10.8 Å². The molecule has 5 heteroatoms. The summed E-state index contributed by atoms with van der Waals surface area (Å²) in [6.07, 6.45) is 3.38. The maximum Gasteiger partial charge on any atom is 0.254 e. The maximum absolute atomic E-state index is 13.1. The Labute approximate surface area is 215 Å². The van der Waals surface area contributed by atoms with Crippen LogP contribution in [0.5, 0.6) is 0 Å². The minimum Gasteiger partial charge on any atom is -0.392 e.